The average molecular weight is 463 g/mol. The third-order valence-electron chi connectivity index (χ3n) is 11.4. The second-order valence-corrected chi connectivity index (χ2v) is 12.9. The number of aliphatic hydroxyl groups excluding tert-OH is 4. The van der Waals surface area contributed by atoms with Gasteiger partial charge in [0.15, 0.2) is 5.79 Å². The maximum atomic E-state index is 11.8. The summed E-state index contributed by atoms with van der Waals surface area (Å²) in [6, 6.07) is 0. The molecule has 2 aliphatic heterocycles. The van der Waals surface area contributed by atoms with E-state index in [2.05, 4.69) is 20.8 Å². The minimum atomic E-state index is -0.786. The monoisotopic (exact) mass is 462 g/mol. The first kappa shape index (κ1) is 22.9. The largest absolute Gasteiger partial charge is 0.396 e. The molecule has 0 bridgehead atoms. The number of fused-ring (bicyclic) bond motifs is 7. The number of ether oxygens (including phenoxy) is 2. The summed E-state index contributed by atoms with van der Waals surface area (Å²) in [4.78, 5) is 0. The van der Waals surface area contributed by atoms with Crippen molar-refractivity contribution in [3.63, 3.8) is 0 Å². The van der Waals surface area contributed by atoms with Gasteiger partial charge in [-0.3, -0.25) is 0 Å². The molecule has 6 heteroatoms. The Bertz CT molecular complexity index is 819. The van der Waals surface area contributed by atoms with Crippen LogP contribution in [0.25, 0.3) is 0 Å². The fraction of sp³-hybridized carbons (Fsp3) is 0.926. The van der Waals surface area contributed by atoms with E-state index in [-0.39, 0.29) is 53.3 Å². The summed E-state index contributed by atoms with van der Waals surface area (Å²) in [5.74, 6) is -0.239. The Morgan fingerprint density at radius 1 is 1.03 bits per heavy atom. The maximum absolute atomic E-state index is 11.8. The number of hydrogen-bond acceptors (Lipinski definition) is 6. The Kier molecular flexibility index (Phi) is 5.21. The van der Waals surface area contributed by atoms with Crippen molar-refractivity contribution in [2.45, 2.75) is 95.9 Å². The molecule has 6 rings (SSSR count). The van der Waals surface area contributed by atoms with E-state index in [4.69, 9.17) is 9.47 Å². The maximum Gasteiger partial charge on any atom is 0.174 e. The molecule has 3 saturated carbocycles. The van der Waals surface area contributed by atoms with E-state index >= 15 is 0 Å². The van der Waals surface area contributed by atoms with Crippen molar-refractivity contribution in [2.75, 3.05) is 13.2 Å². The SMILES string of the molecule is C[C@@H]1CC[C@@]2(OC1)O[C@H]1[C@H](O)[C@H]3[C@@H]4[C@H](O)C=C5C[C@@H](O)CC[C@]5(C)[C@H]4CC[C@]3(C)[C@H]1[C@@H]2CO. The normalized spacial score (nSPS) is 60.0. The minimum absolute atomic E-state index is 0.000874. The molecular formula is C27H42O6. The highest BCUT2D eigenvalue weighted by Gasteiger charge is 2.73. The van der Waals surface area contributed by atoms with Crippen LogP contribution < -0.4 is 0 Å². The standard InChI is InChI=1S/C27H42O6/c1-14-4-9-27(32-13-14)18(12-28)21-24(33-27)23(31)22-20-17(6-8-26(21,22)3)25(2)7-5-16(29)10-15(25)11-19(20)30/h11,14,16-24,28-31H,4-10,12-13H2,1-3H3/t14-,16+,17+,18+,19-,20+,21+,22-,23-,24-,25+,26-,27-/m1/s1. The lowest BCUT2D eigenvalue weighted by molar-refractivity contribution is -0.287. The van der Waals surface area contributed by atoms with Crippen molar-refractivity contribution >= 4 is 0 Å². The molecule has 33 heavy (non-hydrogen) atoms. The summed E-state index contributed by atoms with van der Waals surface area (Å²) in [5, 5.41) is 44.0. The number of rotatable bonds is 1. The van der Waals surface area contributed by atoms with Gasteiger partial charge < -0.3 is 29.9 Å². The summed E-state index contributed by atoms with van der Waals surface area (Å²) >= 11 is 0. The summed E-state index contributed by atoms with van der Waals surface area (Å²) in [5.41, 5.74) is 0.966. The van der Waals surface area contributed by atoms with E-state index in [0.717, 1.165) is 38.5 Å². The van der Waals surface area contributed by atoms with Crippen LogP contribution in [0.5, 0.6) is 0 Å². The van der Waals surface area contributed by atoms with Crippen LogP contribution in [0, 0.1) is 46.3 Å². The molecule has 0 aromatic rings. The van der Waals surface area contributed by atoms with E-state index in [0.29, 0.717) is 24.9 Å². The molecule has 0 aromatic carbocycles. The van der Waals surface area contributed by atoms with Crippen LogP contribution in [-0.2, 0) is 9.47 Å². The van der Waals surface area contributed by atoms with Crippen molar-refractivity contribution in [2.24, 2.45) is 46.3 Å². The highest BCUT2D eigenvalue weighted by Crippen LogP contribution is 2.70. The van der Waals surface area contributed by atoms with Gasteiger partial charge in [0.2, 0.25) is 0 Å². The van der Waals surface area contributed by atoms with Gasteiger partial charge in [0.25, 0.3) is 0 Å². The molecule has 13 atom stereocenters. The van der Waals surface area contributed by atoms with Crippen LogP contribution in [-0.4, -0.2) is 63.8 Å². The number of aliphatic hydroxyl groups is 4. The predicted molar refractivity (Wildman–Crippen MR) is 122 cm³/mol. The zero-order chi connectivity index (χ0) is 23.3. The summed E-state index contributed by atoms with van der Waals surface area (Å²) in [7, 11) is 0. The van der Waals surface area contributed by atoms with Crippen LogP contribution >= 0.6 is 0 Å². The van der Waals surface area contributed by atoms with Gasteiger partial charge in [0.1, 0.15) is 0 Å². The molecule has 2 saturated heterocycles. The van der Waals surface area contributed by atoms with Crippen LogP contribution in [0.1, 0.15) is 65.7 Å². The van der Waals surface area contributed by atoms with Crippen LogP contribution in [0.4, 0.5) is 0 Å². The van der Waals surface area contributed by atoms with Gasteiger partial charge in [-0.05, 0) is 73.0 Å². The third kappa shape index (κ3) is 2.94. The lowest BCUT2D eigenvalue weighted by Gasteiger charge is -2.59. The van der Waals surface area contributed by atoms with E-state index in [9.17, 15) is 20.4 Å². The minimum Gasteiger partial charge on any atom is -0.396 e. The molecule has 6 nitrogen and oxygen atoms in total. The fourth-order valence-electron chi connectivity index (χ4n) is 9.67. The lowest BCUT2D eigenvalue weighted by Crippen LogP contribution is -2.58. The Morgan fingerprint density at radius 3 is 2.52 bits per heavy atom. The van der Waals surface area contributed by atoms with E-state index in [1.807, 2.05) is 6.08 Å². The first-order valence-electron chi connectivity index (χ1n) is 13.3. The van der Waals surface area contributed by atoms with E-state index < -0.39 is 18.0 Å². The van der Waals surface area contributed by atoms with Crippen molar-refractivity contribution < 1.29 is 29.9 Å². The Morgan fingerprint density at radius 2 is 1.82 bits per heavy atom. The van der Waals surface area contributed by atoms with E-state index in [1.54, 1.807) is 0 Å². The predicted octanol–water partition coefficient (Wildman–Crippen LogP) is 2.63. The van der Waals surface area contributed by atoms with Gasteiger partial charge in [-0.15, -0.1) is 0 Å². The third-order valence-corrected chi connectivity index (χ3v) is 11.4. The quantitative estimate of drug-likeness (QED) is 0.447. The summed E-state index contributed by atoms with van der Waals surface area (Å²) in [6.07, 6.45) is 6.17. The summed E-state index contributed by atoms with van der Waals surface area (Å²) < 4.78 is 12.9. The van der Waals surface area contributed by atoms with Crippen LogP contribution in [0.15, 0.2) is 11.6 Å². The highest BCUT2D eigenvalue weighted by molar-refractivity contribution is 5.29. The first-order valence-corrected chi connectivity index (χ1v) is 13.3. The van der Waals surface area contributed by atoms with Gasteiger partial charge in [0, 0.05) is 18.3 Å². The fourth-order valence-corrected chi connectivity index (χ4v) is 9.67. The van der Waals surface area contributed by atoms with Gasteiger partial charge in [-0.1, -0.05) is 32.4 Å². The molecule has 0 unspecified atom stereocenters. The van der Waals surface area contributed by atoms with Crippen molar-refractivity contribution in [1.82, 2.24) is 0 Å². The molecule has 0 amide bonds. The molecule has 1 spiro atoms. The van der Waals surface area contributed by atoms with Gasteiger partial charge in [0.05, 0.1) is 37.6 Å². The molecule has 5 fully saturated rings. The smallest absolute Gasteiger partial charge is 0.174 e. The molecule has 4 N–H and O–H groups in total. The Labute approximate surface area is 197 Å². The number of hydrogen-bond donors (Lipinski definition) is 4. The van der Waals surface area contributed by atoms with Crippen LogP contribution in [0.3, 0.4) is 0 Å². The molecule has 0 radical (unpaired) electrons. The molecular weight excluding hydrogens is 420 g/mol. The average Bonchev–Trinajstić information content (AvgIpc) is 3.21. The molecule has 4 aliphatic carbocycles. The van der Waals surface area contributed by atoms with Gasteiger partial charge >= 0.3 is 0 Å². The van der Waals surface area contributed by atoms with Crippen molar-refractivity contribution in [1.29, 1.82) is 0 Å². The lowest BCUT2D eigenvalue weighted by atomic mass is 9.46. The Hall–Kier alpha value is -0.500. The zero-order valence-electron chi connectivity index (χ0n) is 20.3. The molecule has 0 aromatic heterocycles. The second-order valence-electron chi connectivity index (χ2n) is 12.9. The van der Waals surface area contributed by atoms with Gasteiger partial charge in [-0.25, -0.2) is 0 Å². The summed E-state index contributed by atoms with van der Waals surface area (Å²) in [6.45, 7) is 7.41. The Balaban J connectivity index is 1.36. The topological polar surface area (TPSA) is 99.4 Å². The van der Waals surface area contributed by atoms with Crippen LogP contribution in [0.2, 0.25) is 0 Å². The van der Waals surface area contributed by atoms with Gasteiger partial charge in [-0.2, -0.15) is 0 Å². The highest BCUT2D eigenvalue weighted by atomic mass is 16.7. The van der Waals surface area contributed by atoms with E-state index in [1.165, 1.54) is 5.57 Å². The molecule has 6 aliphatic rings. The van der Waals surface area contributed by atoms with Crippen molar-refractivity contribution in [3.8, 4) is 0 Å². The first-order chi connectivity index (χ1) is 15.6. The molecule has 186 valence electrons. The second kappa shape index (κ2) is 7.50. The molecule has 2 heterocycles. The van der Waals surface area contributed by atoms with Crippen molar-refractivity contribution in [3.05, 3.63) is 11.6 Å². The zero-order valence-corrected chi connectivity index (χ0v) is 20.3.